The first kappa shape index (κ1) is 18.8. The molecule has 29 heavy (non-hydrogen) atoms. The molecule has 0 aliphatic heterocycles. The first-order chi connectivity index (χ1) is 13.8. The number of anilines is 2. The number of carboxylic acid groups (broad SMARTS) is 1. The number of hydrogen-bond donors (Lipinski definition) is 2. The van der Waals surface area contributed by atoms with Gasteiger partial charge in [-0.3, -0.25) is 9.38 Å². The molecule has 2 N–H and O–H groups in total. The number of aromatic nitrogens is 4. The third-order valence-electron chi connectivity index (χ3n) is 4.29. The average molecular weight is 412 g/mol. The molecule has 148 valence electrons. The highest BCUT2D eigenvalue weighted by atomic mass is 32.2. The Labute approximate surface area is 165 Å². The molecule has 4 rings (SSSR count). The van der Waals surface area contributed by atoms with E-state index in [1.807, 2.05) is 0 Å². The summed E-state index contributed by atoms with van der Waals surface area (Å²) in [4.78, 5) is 24.2. The van der Waals surface area contributed by atoms with Crippen molar-refractivity contribution in [3.8, 4) is 0 Å². The Morgan fingerprint density at radius 2 is 2.00 bits per heavy atom. The second kappa shape index (κ2) is 6.79. The maximum Gasteiger partial charge on any atom is 0.356 e. The monoisotopic (exact) mass is 412 g/mol. The number of carbonyl (C=O) groups is 1. The van der Waals surface area contributed by atoms with Crippen molar-refractivity contribution in [3.63, 3.8) is 0 Å². The van der Waals surface area contributed by atoms with E-state index < -0.39 is 16.0 Å². The lowest BCUT2D eigenvalue weighted by Gasteiger charge is -2.13. The second-order valence-electron chi connectivity index (χ2n) is 6.39. The molecule has 0 atom stereocenters. The summed E-state index contributed by atoms with van der Waals surface area (Å²) in [6.07, 6.45) is 4.48. The van der Waals surface area contributed by atoms with Gasteiger partial charge in [0.15, 0.2) is 11.3 Å². The molecule has 3 aromatic heterocycles. The van der Waals surface area contributed by atoms with Crippen molar-refractivity contribution in [2.45, 2.75) is 4.90 Å². The Bertz CT molecular complexity index is 1360. The number of carboxylic acids is 1. The lowest BCUT2D eigenvalue weighted by atomic mass is 10.3. The third-order valence-corrected chi connectivity index (χ3v) is 6.10. The molecule has 0 amide bonds. The summed E-state index contributed by atoms with van der Waals surface area (Å²) < 4.78 is 27.4. The van der Waals surface area contributed by atoms with Crippen LogP contribution < -0.4 is 5.32 Å². The van der Waals surface area contributed by atoms with Crippen LogP contribution in [0.2, 0.25) is 0 Å². The van der Waals surface area contributed by atoms with Crippen LogP contribution in [0.15, 0.2) is 53.8 Å². The summed E-state index contributed by atoms with van der Waals surface area (Å²) in [5.41, 5.74) is 1.27. The topological polar surface area (TPSA) is 130 Å². The molecule has 10 nitrogen and oxygen atoms in total. The SMILES string of the molecule is CN(C)S(=O)(=O)c1cccc(Nc2nc3ccncc3c3nc(C(=O)O)cn23)c1. The summed E-state index contributed by atoms with van der Waals surface area (Å²) in [7, 11) is -0.698. The number of fused-ring (bicyclic) bond motifs is 3. The lowest BCUT2D eigenvalue weighted by molar-refractivity contribution is 0.0691. The normalized spacial score (nSPS) is 12.0. The van der Waals surface area contributed by atoms with Gasteiger partial charge in [0, 0.05) is 38.4 Å². The minimum Gasteiger partial charge on any atom is -0.476 e. The quantitative estimate of drug-likeness (QED) is 0.509. The van der Waals surface area contributed by atoms with Crippen LogP contribution in [0.5, 0.6) is 0 Å². The molecule has 3 heterocycles. The van der Waals surface area contributed by atoms with E-state index in [0.717, 1.165) is 4.31 Å². The van der Waals surface area contributed by atoms with Crippen LogP contribution in [0, 0.1) is 0 Å². The van der Waals surface area contributed by atoms with Gasteiger partial charge in [0.25, 0.3) is 0 Å². The molecule has 0 aliphatic rings. The molecule has 0 unspecified atom stereocenters. The highest BCUT2D eigenvalue weighted by molar-refractivity contribution is 7.89. The maximum atomic E-state index is 12.4. The maximum absolute atomic E-state index is 12.4. The largest absolute Gasteiger partial charge is 0.476 e. The van der Waals surface area contributed by atoms with E-state index in [-0.39, 0.29) is 16.5 Å². The molecule has 0 saturated heterocycles. The van der Waals surface area contributed by atoms with Gasteiger partial charge in [-0.15, -0.1) is 0 Å². The molecule has 0 saturated carbocycles. The smallest absolute Gasteiger partial charge is 0.356 e. The van der Waals surface area contributed by atoms with Crippen molar-refractivity contribution in [3.05, 3.63) is 54.6 Å². The van der Waals surface area contributed by atoms with Crippen LogP contribution in [0.4, 0.5) is 11.6 Å². The van der Waals surface area contributed by atoms with Crippen molar-refractivity contribution in [1.29, 1.82) is 0 Å². The Morgan fingerprint density at radius 1 is 1.21 bits per heavy atom. The lowest BCUT2D eigenvalue weighted by Crippen LogP contribution is -2.22. The predicted molar refractivity (Wildman–Crippen MR) is 106 cm³/mol. The van der Waals surface area contributed by atoms with Crippen molar-refractivity contribution in [1.82, 2.24) is 23.7 Å². The number of hydrogen-bond acceptors (Lipinski definition) is 7. The fourth-order valence-electron chi connectivity index (χ4n) is 2.82. The fraction of sp³-hybridized carbons (Fsp3) is 0.111. The van der Waals surface area contributed by atoms with E-state index in [0.29, 0.717) is 22.2 Å². The summed E-state index contributed by atoms with van der Waals surface area (Å²) >= 11 is 0. The van der Waals surface area contributed by atoms with Crippen LogP contribution >= 0.6 is 0 Å². The van der Waals surface area contributed by atoms with Crippen molar-refractivity contribution >= 4 is 44.2 Å². The number of imidazole rings is 1. The van der Waals surface area contributed by atoms with E-state index in [1.165, 1.54) is 36.8 Å². The Hall–Kier alpha value is -3.57. The van der Waals surface area contributed by atoms with Gasteiger partial charge >= 0.3 is 5.97 Å². The number of rotatable bonds is 5. The van der Waals surface area contributed by atoms with Gasteiger partial charge in [-0.2, -0.15) is 0 Å². The number of aromatic carboxylic acids is 1. The average Bonchev–Trinajstić information content (AvgIpc) is 3.15. The van der Waals surface area contributed by atoms with E-state index in [1.54, 1.807) is 30.6 Å². The molecule has 0 aliphatic carbocycles. The first-order valence-corrected chi connectivity index (χ1v) is 9.87. The van der Waals surface area contributed by atoms with Gasteiger partial charge < -0.3 is 10.4 Å². The number of sulfonamides is 1. The van der Waals surface area contributed by atoms with Crippen LogP contribution in [-0.4, -0.2) is 57.2 Å². The van der Waals surface area contributed by atoms with Gasteiger partial charge in [-0.1, -0.05) is 6.07 Å². The Kier molecular flexibility index (Phi) is 4.40. The number of nitrogens with zero attached hydrogens (tertiary/aromatic N) is 5. The van der Waals surface area contributed by atoms with Gasteiger partial charge in [0.1, 0.15) is 0 Å². The van der Waals surface area contributed by atoms with Crippen LogP contribution in [0.1, 0.15) is 10.5 Å². The van der Waals surface area contributed by atoms with Crippen molar-refractivity contribution < 1.29 is 18.3 Å². The van der Waals surface area contributed by atoms with Gasteiger partial charge in [0.05, 0.1) is 15.8 Å². The molecule has 0 radical (unpaired) electrons. The predicted octanol–water partition coefficient (Wildman–Crippen LogP) is 1.97. The van der Waals surface area contributed by atoms with E-state index in [4.69, 9.17) is 0 Å². The van der Waals surface area contributed by atoms with Gasteiger partial charge in [-0.05, 0) is 24.3 Å². The van der Waals surface area contributed by atoms with Crippen LogP contribution in [0.25, 0.3) is 16.6 Å². The van der Waals surface area contributed by atoms with Crippen molar-refractivity contribution in [2.75, 3.05) is 19.4 Å². The molecule has 0 fully saturated rings. The molecule has 0 bridgehead atoms. The summed E-state index contributed by atoms with van der Waals surface area (Å²) in [5.74, 6) is -0.881. The zero-order valence-corrected chi connectivity index (χ0v) is 16.3. The zero-order chi connectivity index (χ0) is 20.8. The summed E-state index contributed by atoms with van der Waals surface area (Å²) in [6.45, 7) is 0. The van der Waals surface area contributed by atoms with Gasteiger partial charge in [-0.25, -0.2) is 27.5 Å². The number of nitrogens with one attached hydrogen (secondary N) is 1. The fourth-order valence-corrected chi connectivity index (χ4v) is 3.77. The number of benzene rings is 1. The van der Waals surface area contributed by atoms with Crippen LogP contribution in [-0.2, 0) is 10.0 Å². The van der Waals surface area contributed by atoms with Crippen molar-refractivity contribution in [2.24, 2.45) is 0 Å². The summed E-state index contributed by atoms with van der Waals surface area (Å²) in [6, 6.07) is 7.96. The first-order valence-electron chi connectivity index (χ1n) is 8.43. The Balaban J connectivity index is 1.87. The zero-order valence-electron chi connectivity index (χ0n) is 15.4. The van der Waals surface area contributed by atoms with E-state index >= 15 is 0 Å². The molecular weight excluding hydrogens is 396 g/mol. The summed E-state index contributed by atoms with van der Waals surface area (Å²) in [5, 5.41) is 13.0. The molecule has 1 aromatic carbocycles. The number of pyridine rings is 1. The standard InChI is InChI=1S/C18H16N6O4S/c1-23(2)29(27,28)12-5-3-4-11(8-12)20-18-22-14-6-7-19-9-13(14)16-21-15(17(25)26)10-24(16)18/h3-10H,1-2H3,(H,20,22)(H,25,26). The van der Waals surface area contributed by atoms with Crippen LogP contribution in [0.3, 0.4) is 0 Å². The third kappa shape index (κ3) is 3.26. The minimum absolute atomic E-state index is 0.116. The second-order valence-corrected chi connectivity index (χ2v) is 8.55. The minimum atomic E-state index is -3.61. The highest BCUT2D eigenvalue weighted by Crippen LogP contribution is 2.25. The van der Waals surface area contributed by atoms with Gasteiger partial charge in [0.2, 0.25) is 16.0 Å². The van der Waals surface area contributed by atoms with E-state index in [2.05, 4.69) is 20.3 Å². The Morgan fingerprint density at radius 3 is 2.72 bits per heavy atom. The molecule has 11 heteroatoms. The van der Waals surface area contributed by atoms with E-state index in [9.17, 15) is 18.3 Å². The molecular formula is C18H16N6O4S. The molecule has 0 spiro atoms. The molecule has 4 aromatic rings. The highest BCUT2D eigenvalue weighted by Gasteiger charge is 2.19.